The maximum atomic E-state index is 11.1. The van der Waals surface area contributed by atoms with Crippen molar-refractivity contribution >= 4 is 23.3 Å². The quantitative estimate of drug-likeness (QED) is 0.283. The van der Waals surface area contributed by atoms with Gasteiger partial charge >= 0.3 is 5.69 Å². The SMILES string of the molecule is CCCCCOc1ccccc1/C=N/Nc1ccc([N+](=O)[O-])cc1[N+](=O)[O-]. The highest BCUT2D eigenvalue weighted by Crippen LogP contribution is 2.29. The molecule has 142 valence electrons. The Balaban J connectivity index is 2.11. The Morgan fingerprint density at radius 1 is 1.11 bits per heavy atom. The number of nitrogens with zero attached hydrogens (tertiary/aromatic N) is 3. The van der Waals surface area contributed by atoms with Crippen LogP contribution in [0.2, 0.25) is 0 Å². The third-order valence-corrected chi connectivity index (χ3v) is 3.70. The monoisotopic (exact) mass is 372 g/mol. The standard InChI is InChI=1S/C18H20N4O5/c1-2-3-6-11-27-18-8-5-4-7-14(18)13-19-20-16-10-9-15(21(23)24)12-17(16)22(25)26/h4-5,7-10,12-13,20H,2-3,6,11H2,1H3/b19-13+. The molecular formula is C18H20N4O5. The Morgan fingerprint density at radius 2 is 1.89 bits per heavy atom. The highest BCUT2D eigenvalue weighted by atomic mass is 16.6. The number of nitro benzene ring substituents is 2. The first-order valence-corrected chi connectivity index (χ1v) is 8.46. The van der Waals surface area contributed by atoms with Crippen molar-refractivity contribution < 1.29 is 14.6 Å². The number of hydrogen-bond acceptors (Lipinski definition) is 7. The number of ether oxygens (including phenoxy) is 1. The van der Waals surface area contributed by atoms with Gasteiger partial charge in [-0.2, -0.15) is 5.10 Å². The molecule has 27 heavy (non-hydrogen) atoms. The molecule has 0 unspecified atom stereocenters. The van der Waals surface area contributed by atoms with Gasteiger partial charge in [0.05, 0.1) is 28.7 Å². The molecule has 0 amide bonds. The molecule has 2 aromatic rings. The largest absolute Gasteiger partial charge is 0.493 e. The van der Waals surface area contributed by atoms with Crippen molar-refractivity contribution in [1.82, 2.24) is 0 Å². The van der Waals surface area contributed by atoms with Crippen molar-refractivity contribution in [3.05, 3.63) is 68.3 Å². The van der Waals surface area contributed by atoms with Crippen LogP contribution < -0.4 is 10.2 Å². The van der Waals surface area contributed by atoms with Crippen molar-refractivity contribution in [1.29, 1.82) is 0 Å². The average molecular weight is 372 g/mol. The Hall–Kier alpha value is -3.49. The molecule has 9 heteroatoms. The number of nitro groups is 2. The van der Waals surface area contributed by atoms with Gasteiger partial charge in [-0.3, -0.25) is 25.7 Å². The average Bonchev–Trinajstić information content (AvgIpc) is 2.66. The Kier molecular flexibility index (Phi) is 7.24. The van der Waals surface area contributed by atoms with Gasteiger partial charge in [-0.1, -0.05) is 31.9 Å². The van der Waals surface area contributed by atoms with Crippen molar-refractivity contribution in [3.63, 3.8) is 0 Å². The van der Waals surface area contributed by atoms with Crippen LogP contribution in [0.25, 0.3) is 0 Å². The van der Waals surface area contributed by atoms with Crippen molar-refractivity contribution in [2.24, 2.45) is 5.10 Å². The number of benzene rings is 2. The van der Waals surface area contributed by atoms with E-state index in [1.165, 1.54) is 18.3 Å². The lowest BCUT2D eigenvalue weighted by molar-refractivity contribution is -0.393. The third kappa shape index (κ3) is 5.77. The molecule has 0 aliphatic carbocycles. The Morgan fingerprint density at radius 3 is 2.59 bits per heavy atom. The number of hydrazone groups is 1. The predicted octanol–water partition coefficient (Wildman–Crippen LogP) is 4.52. The summed E-state index contributed by atoms with van der Waals surface area (Å²) in [4.78, 5) is 20.5. The minimum atomic E-state index is -0.699. The normalized spacial score (nSPS) is 10.7. The number of rotatable bonds is 10. The molecule has 0 heterocycles. The molecule has 0 bridgehead atoms. The van der Waals surface area contributed by atoms with E-state index in [0.29, 0.717) is 17.9 Å². The fourth-order valence-corrected chi connectivity index (χ4v) is 2.30. The zero-order chi connectivity index (χ0) is 19.6. The molecule has 0 saturated heterocycles. The first-order chi connectivity index (χ1) is 13.0. The summed E-state index contributed by atoms with van der Waals surface area (Å²) in [5.74, 6) is 0.664. The molecule has 0 radical (unpaired) electrons. The third-order valence-electron chi connectivity index (χ3n) is 3.70. The predicted molar refractivity (Wildman–Crippen MR) is 102 cm³/mol. The van der Waals surface area contributed by atoms with Gasteiger partial charge in [0.2, 0.25) is 0 Å². The summed E-state index contributed by atoms with van der Waals surface area (Å²) in [6.45, 7) is 2.71. The van der Waals surface area contributed by atoms with Gasteiger partial charge in [-0.15, -0.1) is 0 Å². The first-order valence-electron chi connectivity index (χ1n) is 8.46. The molecule has 0 fully saturated rings. The summed E-state index contributed by atoms with van der Waals surface area (Å²) in [5, 5.41) is 25.9. The van der Waals surface area contributed by atoms with Gasteiger partial charge < -0.3 is 4.74 Å². The Labute approximate surface area is 156 Å². The summed E-state index contributed by atoms with van der Waals surface area (Å²) >= 11 is 0. The molecule has 0 saturated carbocycles. The summed E-state index contributed by atoms with van der Waals surface area (Å²) < 4.78 is 5.74. The van der Waals surface area contributed by atoms with E-state index in [1.807, 2.05) is 24.3 Å². The first kappa shape index (κ1) is 19.8. The van der Waals surface area contributed by atoms with E-state index in [2.05, 4.69) is 17.5 Å². The maximum absolute atomic E-state index is 11.1. The van der Waals surface area contributed by atoms with Gasteiger partial charge in [-0.05, 0) is 24.6 Å². The molecule has 2 rings (SSSR count). The lowest BCUT2D eigenvalue weighted by Gasteiger charge is -2.08. The summed E-state index contributed by atoms with van der Waals surface area (Å²) in [6.07, 6.45) is 4.63. The lowest BCUT2D eigenvalue weighted by Crippen LogP contribution is -2.01. The van der Waals surface area contributed by atoms with E-state index in [4.69, 9.17) is 4.74 Å². The molecule has 0 aromatic heterocycles. The van der Waals surface area contributed by atoms with Crippen LogP contribution >= 0.6 is 0 Å². The molecule has 2 aromatic carbocycles. The second-order valence-electron chi connectivity index (χ2n) is 5.68. The van der Waals surface area contributed by atoms with Crippen LogP contribution in [0.3, 0.4) is 0 Å². The molecule has 1 N–H and O–H groups in total. The second kappa shape index (κ2) is 9.85. The van der Waals surface area contributed by atoms with E-state index < -0.39 is 15.5 Å². The van der Waals surface area contributed by atoms with Crippen molar-refractivity contribution in [2.45, 2.75) is 26.2 Å². The summed E-state index contributed by atoms with van der Waals surface area (Å²) in [7, 11) is 0. The zero-order valence-corrected chi connectivity index (χ0v) is 14.8. The van der Waals surface area contributed by atoms with Crippen LogP contribution in [0.1, 0.15) is 31.7 Å². The maximum Gasteiger partial charge on any atom is 0.301 e. The molecule has 9 nitrogen and oxygen atoms in total. The smallest absolute Gasteiger partial charge is 0.301 e. The van der Waals surface area contributed by atoms with Gasteiger partial charge in [0.1, 0.15) is 11.4 Å². The fourth-order valence-electron chi connectivity index (χ4n) is 2.30. The van der Waals surface area contributed by atoms with Crippen LogP contribution in [0.4, 0.5) is 17.1 Å². The van der Waals surface area contributed by atoms with Crippen LogP contribution in [0, 0.1) is 20.2 Å². The van der Waals surface area contributed by atoms with Crippen molar-refractivity contribution in [3.8, 4) is 5.75 Å². The lowest BCUT2D eigenvalue weighted by atomic mass is 10.2. The van der Waals surface area contributed by atoms with Gasteiger partial charge in [0, 0.05) is 11.6 Å². The second-order valence-corrected chi connectivity index (χ2v) is 5.68. The zero-order valence-electron chi connectivity index (χ0n) is 14.8. The summed E-state index contributed by atoms with van der Waals surface area (Å²) in [5.41, 5.74) is 2.55. The summed E-state index contributed by atoms with van der Waals surface area (Å²) in [6, 6.07) is 10.6. The number of nitrogens with one attached hydrogen (secondary N) is 1. The van der Waals surface area contributed by atoms with Crippen LogP contribution in [0.5, 0.6) is 5.75 Å². The van der Waals surface area contributed by atoms with Gasteiger partial charge in [0.15, 0.2) is 0 Å². The molecule has 0 spiro atoms. The van der Waals surface area contributed by atoms with Crippen LogP contribution in [-0.2, 0) is 0 Å². The number of non-ortho nitro benzene ring substituents is 1. The fraction of sp³-hybridized carbons (Fsp3) is 0.278. The molecule has 0 atom stereocenters. The van der Waals surface area contributed by atoms with Gasteiger partial charge in [-0.25, -0.2) is 0 Å². The molecule has 0 aliphatic heterocycles. The number of hydrogen-bond donors (Lipinski definition) is 1. The van der Waals surface area contributed by atoms with E-state index in [1.54, 1.807) is 0 Å². The van der Waals surface area contributed by atoms with E-state index in [9.17, 15) is 20.2 Å². The van der Waals surface area contributed by atoms with E-state index in [0.717, 1.165) is 25.3 Å². The minimum absolute atomic E-state index is 0.0585. The highest BCUT2D eigenvalue weighted by Gasteiger charge is 2.19. The molecule has 0 aliphatic rings. The van der Waals surface area contributed by atoms with Crippen LogP contribution in [0.15, 0.2) is 47.6 Å². The number of unbranched alkanes of at least 4 members (excludes halogenated alkanes) is 2. The Bertz CT molecular complexity index is 838. The number of anilines is 1. The topological polar surface area (TPSA) is 120 Å². The number of para-hydroxylation sites is 1. The highest BCUT2D eigenvalue weighted by molar-refractivity contribution is 5.84. The van der Waals surface area contributed by atoms with E-state index in [-0.39, 0.29) is 11.4 Å². The van der Waals surface area contributed by atoms with Crippen LogP contribution in [-0.4, -0.2) is 22.7 Å². The van der Waals surface area contributed by atoms with Gasteiger partial charge in [0.25, 0.3) is 5.69 Å². The minimum Gasteiger partial charge on any atom is -0.493 e. The van der Waals surface area contributed by atoms with E-state index >= 15 is 0 Å². The molecular weight excluding hydrogens is 352 g/mol. The van der Waals surface area contributed by atoms with Crippen molar-refractivity contribution in [2.75, 3.05) is 12.0 Å².